The monoisotopic (exact) mass is 296 g/mol. The Morgan fingerprint density at radius 2 is 1.86 bits per heavy atom. The summed E-state index contributed by atoms with van der Waals surface area (Å²) >= 11 is 0. The van der Waals surface area contributed by atoms with Crippen molar-refractivity contribution < 1.29 is 8.81 Å². The van der Waals surface area contributed by atoms with Gasteiger partial charge in [-0.25, -0.2) is 9.37 Å². The molecule has 0 radical (unpaired) electrons. The summed E-state index contributed by atoms with van der Waals surface area (Å²) in [5.74, 6) is 0.154. The highest BCUT2D eigenvalue weighted by Crippen LogP contribution is 2.20. The van der Waals surface area contributed by atoms with Crippen LogP contribution in [0.4, 0.5) is 4.39 Å². The van der Waals surface area contributed by atoms with E-state index in [0.717, 1.165) is 12.2 Å². The van der Waals surface area contributed by atoms with Crippen LogP contribution in [0.1, 0.15) is 11.3 Å². The van der Waals surface area contributed by atoms with Crippen molar-refractivity contribution in [1.82, 2.24) is 9.88 Å². The maximum Gasteiger partial charge on any atom is 0.226 e. The first-order valence-electron chi connectivity index (χ1n) is 7.13. The topological polar surface area (TPSA) is 29.3 Å². The lowest BCUT2D eigenvalue weighted by atomic mass is 10.2. The molecular weight excluding hydrogens is 279 g/mol. The van der Waals surface area contributed by atoms with E-state index >= 15 is 0 Å². The van der Waals surface area contributed by atoms with Crippen molar-refractivity contribution in [2.24, 2.45) is 0 Å². The molecule has 0 aliphatic heterocycles. The number of benzene rings is 2. The van der Waals surface area contributed by atoms with Gasteiger partial charge in [0.15, 0.2) is 0 Å². The smallest absolute Gasteiger partial charge is 0.226 e. The first-order valence-corrected chi connectivity index (χ1v) is 7.13. The summed E-state index contributed by atoms with van der Waals surface area (Å²) in [7, 11) is 2.03. The maximum atomic E-state index is 13.2. The minimum atomic E-state index is -0.293. The molecule has 0 fully saturated rings. The first kappa shape index (κ1) is 14.5. The van der Waals surface area contributed by atoms with E-state index in [1.807, 2.05) is 25.2 Å². The van der Waals surface area contributed by atoms with E-state index in [2.05, 4.69) is 22.0 Å². The third kappa shape index (κ3) is 3.59. The second-order valence-corrected chi connectivity index (χ2v) is 5.31. The average molecular weight is 296 g/mol. The molecule has 0 saturated heterocycles. The Hall–Kier alpha value is -2.46. The molecule has 112 valence electrons. The SMILES string of the molecule is CN(Cc1ccccc1)Cc1coc(-c2cccc(F)c2)n1. The van der Waals surface area contributed by atoms with Gasteiger partial charge in [0.05, 0.1) is 5.69 Å². The molecular formula is C18H17FN2O. The second kappa shape index (κ2) is 6.54. The Morgan fingerprint density at radius 3 is 2.64 bits per heavy atom. The van der Waals surface area contributed by atoms with Gasteiger partial charge in [0.1, 0.15) is 12.1 Å². The summed E-state index contributed by atoms with van der Waals surface area (Å²) in [5.41, 5.74) is 2.73. The molecule has 0 spiro atoms. The first-order chi connectivity index (χ1) is 10.7. The summed E-state index contributed by atoms with van der Waals surface area (Å²) in [4.78, 5) is 6.58. The van der Waals surface area contributed by atoms with Crippen LogP contribution in [0, 0.1) is 5.82 Å². The Balaban J connectivity index is 1.66. The fourth-order valence-corrected chi connectivity index (χ4v) is 2.36. The largest absolute Gasteiger partial charge is 0.444 e. The van der Waals surface area contributed by atoms with Gasteiger partial charge in [-0.15, -0.1) is 0 Å². The summed E-state index contributed by atoms with van der Waals surface area (Å²) in [6.07, 6.45) is 1.63. The lowest BCUT2D eigenvalue weighted by Crippen LogP contribution is -2.17. The van der Waals surface area contributed by atoms with Crippen molar-refractivity contribution in [3.05, 3.63) is 77.9 Å². The number of aromatic nitrogens is 1. The van der Waals surface area contributed by atoms with Crippen LogP contribution >= 0.6 is 0 Å². The van der Waals surface area contributed by atoms with E-state index in [4.69, 9.17) is 4.42 Å². The van der Waals surface area contributed by atoms with E-state index < -0.39 is 0 Å². The number of hydrogen-bond acceptors (Lipinski definition) is 3. The van der Waals surface area contributed by atoms with E-state index in [1.54, 1.807) is 18.4 Å². The second-order valence-electron chi connectivity index (χ2n) is 5.31. The molecule has 22 heavy (non-hydrogen) atoms. The van der Waals surface area contributed by atoms with Crippen LogP contribution in [0.2, 0.25) is 0 Å². The quantitative estimate of drug-likeness (QED) is 0.709. The number of hydrogen-bond donors (Lipinski definition) is 0. The van der Waals surface area contributed by atoms with Gasteiger partial charge in [0.2, 0.25) is 5.89 Å². The average Bonchev–Trinajstić information content (AvgIpc) is 2.96. The highest BCUT2D eigenvalue weighted by atomic mass is 19.1. The molecule has 3 nitrogen and oxygen atoms in total. The van der Waals surface area contributed by atoms with Crippen LogP contribution in [0.5, 0.6) is 0 Å². The van der Waals surface area contributed by atoms with Crippen LogP contribution in [0.25, 0.3) is 11.5 Å². The van der Waals surface area contributed by atoms with Crippen molar-refractivity contribution in [1.29, 1.82) is 0 Å². The fraction of sp³-hybridized carbons (Fsp3) is 0.167. The van der Waals surface area contributed by atoms with Gasteiger partial charge in [0.25, 0.3) is 0 Å². The van der Waals surface area contributed by atoms with Crippen molar-refractivity contribution in [2.75, 3.05) is 7.05 Å². The van der Waals surface area contributed by atoms with Crippen LogP contribution < -0.4 is 0 Å². The Kier molecular flexibility index (Phi) is 4.30. The maximum absolute atomic E-state index is 13.2. The van der Waals surface area contributed by atoms with Gasteiger partial charge >= 0.3 is 0 Å². The zero-order chi connectivity index (χ0) is 15.4. The Bertz CT molecular complexity index is 740. The fourth-order valence-electron chi connectivity index (χ4n) is 2.36. The molecule has 1 heterocycles. The van der Waals surface area contributed by atoms with Gasteiger partial charge in [-0.1, -0.05) is 36.4 Å². The summed E-state index contributed by atoms with van der Waals surface area (Å²) < 4.78 is 18.7. The zero-order valence-electron chi connectivity index (χ0n) is 12.4. The van der Waals surface area contributed by atoms with Crippen molar-refractivity contribution >= 4 is 0 Å². The summed E-state index contributed by atoms with van der Waals surface area (Å²) in [6.45, 7) is 1.51. The molecule has 0 atom stereocenters. The standard InChI is InChI=1S/C18H17FN2O/c1-21(11-14-6-3-2-4-7-14)12-17-13-22-18(20-17)15-8-5-9-16(19)10-15/h2-10,13H,11-12H2,1H3. The molecule has 3 aromatic rings. The number of rotatable bonds is 5. The van der Waals surface area contributed by atoms with Crippen LogP contribution in [-0.2, 0) is 13.1 Å². The molecule has 0 aliphatic carbocycles. The zero-order valence-corrected chi connectivity index (χ0v) is 12.4. The van der Waals surface area contributed by atoms with Crippen molar-refractivity contribution in [3.8, 4) is 11.5 Å². The normalized spacial score (nSPS) is 11.0. The van der Waals surface area contributed by atoms with Gasteiger partial charge in [-0.3, -0.25) is 4.90 Å². The van der Waals surface area contributed by atoms with E-state index in [1.165, 1.54) is 17.7 Å². The van der Waals surface area contributed by atoms with Gasteiger partial charge in [-0.05, 0) is 30.8 Å². The lowest BCUT2D eigenvalue weighted by molar-refractivity contribution is 0.315. The molecule has 0 aliphatic rings. The number of halogens is 1. The summed E-state index contributed by atoms with van der Waals surface area (Å²) in [5, 5.41) is 0. The number of nitrogens with zero attached hydrogens (tertiary/aromatic N) is 2. The highest BCUT2D eigenvalue weighted by molar-refractivity contribution is 5.52. The van der Waals surface area contributed by atoms with Gasteiger partial charge in [0, 0.05) is 18.7 Å². The third-order valence-corrected chi connectivity index (χ3v) is 3.35. The lowest BCUT2D eigenvalue weighted by Gasteiger charge is -2.14. The third-order valence-electron chi connectivity index (χ3n) is 3.35. The minimum absolute atomic E-state index is 0.293. The van der Waals surface area contributed by atoms with Crippen molar-refractivity contribution in [2.45, 2.75) is 13.1 Å². The molecule has 0 saturated carbocycles. The molecule has 2 aromatic carbocycles. The predicted molar refractivity (Wildman–Crippen MR) is 83.5 cm³/mol. The Labute approximate surface area is 129 Å². The molecule has 0 unspecified atom stereocenters. The van der Waals surface area contributed by atoms with E-state index in [0.29, 0.717) is 18.0 Å². The summed E-state index contributed by atoms with van der Waals surface area (Å²) in [6, 6.07) is 16.5. The van der Waals surface area contributed by atoms with Crippen LogP contribution in [0.15, 0.2) is 65.3 Å². The molecule has 0 bridgehead atoms. The van der Waals surface area contributed by atoms with Crippen molar-refractivity contribution in [3.63, 3.8) is 0 Å². The molecule has 3 rings (SSSR count). The van der Waals surface area contributed by atoms with E-state index in [-0.39, 0.29) is 5.82 Å². The molecule has 0 N–H and O–H groups in total. The number of oxazole rings is 1. The molecule has 1 aromatic heterocycles. The van der Waals surface area contributed by atoms with E-state index in [9.17, 15) is 4.39 Å². The van der Waals surface area contributed by atoms with Gasteiger partial charge in [-0.2, -0.15) is 0 Å². The minimum Gasteiger partial charge on any atom is -0.444 e. The van der Waals surface area contributed by atoms with Gasteiger partial charge < -0.3 is 4.42 Å². The predicted octanol–water partition coefficient (Wildman–Crippen LogP) is 4.11. The molecule has 0 amide bonds. The molecule has 4 heteroatoms. The highest BCUT2D eigenvalue weighted by Gasteiger charge is 2.09. The van der Waals surface area contributed by atoms with Crippen LogP contribution in [0.3, 0.4) is 0 Å². The Morgan fingerprint density at radius 1 is 1.05 bits per heavy atom. The van der Waals surface area contributed by atoms with Crippen LogP contribution in [-0.4, -0.2) is 16.9 Å².